The Morgan fingerprint density at radius 1 is 0.929 bits per heavy atom. The summed E-state index contributed by atoms with van der Waals surface area (Å²) in [5.41, 5.74) is -1.91. The number of nitro groups is 3. The Hall–Kier alpha value is -3.71. The van der Waals surface area contributed by atoms with Gasteiger partial charge in [0, 0.05) is 23.9 Å². The molecule has 0 saturated carbocycles. The number of carbonyl (C=O) groups is 1. The lowest BCUT2D eigenvalue weighted by atomic mass is 10.1. The highest BCUT2D eigenvalue weighted by Gasteiger charge is 2.20. The van der Waals surface area contributed by atoms with Crippen molar-refractivity contribution in [3.8, 4) is 0 Å². The quantitative estimate of drug-likeness (QED) is 0.414. The standard InChI is InChI=1S/C14H8ClN5O7S/c15-11-2-1-8(5-12(11)20(26)27)16-14(28)17-13(21)7-3-9(18(22)23)6-10(4-7)19(24)25/h1-6H,(H2,16,17,21,28). The van der Waals surface area contributed by atoms with Crippen LogP contribution in [0, 0.1) is 30.3 Å². The number of carbonyl (C=O) groups excluding carboxylic acids is 1. The van der Waals surface area contributed by atoms with Crippen molar-refractivity contribution in [3.63, 3.8) is 0 Å². The van der Waals surface area contributed by atoms with Crippen LogP contribution in [0.15, 0.2) is 36.4 Å². The van der Waals surface area contributed by atoms with Crippen LogP contribution in [0.2, 0.25) is 5.02 Å². The minimum Gasteiger partial charge on any atom is -0.332 e. The molecule has 0 radical (unpaired) electrons. The minimum atomic E-state index is -0.951. The Morgan fingerprint density at radius 3 is 2.00 bits per heavy atom. The summed E-state index contributed by atoms with van der Waals surface area (Å²) in [5, 5.41) is 36.9. The smallest absolute Gasteiger partial charge is 0.289 e. The number of amides is 1. The van der Waals surface area contributed by atoms with Gasteiger partial charge in [0.05, 0.1) is 26.4 Å². The summed E-state index contributed by atoms with van der Waals surface area (Å²) in [6, 6.07) is 6.09. The lowest BCUT2D eigenvalue weighted by Gasteiger charge is -2.10. The van der Waals surface area contributed by atoms with Crippen LogP contribution in [0.5, 0.6) is 0 Å². The van der Waals surface area contributed by atoms with E-state index in [1.165, 1.54) is 12.1 Å². The van der Waals surface area contributed by atoms with Crippen LogP contribution in [-0.2, 0) is 0 Å². The number of nitrogens with zero attached hydrogens (tertiary/aromatic N) is 3. The van der Waals surface area contributed by atoms with Crippen LogP contribution in [0.4, 0.5) is 22.7 Å². The van der Waals surface area contributed by atoms with Gasteiger partial charge in [-0.25, -0.2) is 0 Å². The number of hydrogen-bond donors (Lipinski definition) is 2. The van der Waals surface area contributed by atoms with Gasteiger partial charge >= 0.3 is 0 Å². The van der Waals surface area contributed by atoms with E-state index in [9.17, 15) is 35.1 Å². The third-order valence-electron chi connectivity index (χ3n) is 3.21. The lowest BCUT2D eigenvalue weighted by molar-refractivity contribution is -0.394. The Balaban J connectivity index is 2.20. The van der Waals surface area contributed by atoms with E-state index in [1.807, 2.05) is 0 Å². The highest BCUT2D eigenvalue weighted by molar-refractivity contribution is 7.80. The molecule has 14 heteroatoms. The zero-order chi connectivity index (χ0) is 21.0. The highest BCUT2D eigenvalue weighted by atomic mass is 35.5. The second-order valence-corrected chi connectivity index (χ2v) is 5.90. The maximum atomic E-state index is 12.2. The molecule has 144 valence electrons. The number of anilines is 1. The van der Waals surface area contributed by atoms with Crippen molar-refractivity contribution in [1.29, 1.82) is 0 Å². The first kappa shape index (κ1) is 20.6. The topological polar surface area (TPSA) is 171 Å². The average Bonchev–Trinajstić information content (AvgIpc) is 2.62. The van der Waals surface area contributed by atoms with Crippen LogP contribution in [0.25, 0.3) is 0 Å². The maximum Gasteiger partial charge on any atom is 0.289 e. The fraction of sp³-hybridized carbons (Fsp3) is 0. The summed E-state index contributed by atoms with van der Waals surface area (Å²) in [5.74, 6) is -0.951. The molecule has 0 aliphatic carbocycles. The summed E-state index contributed by atoms with van der Waals surface area (Å²) < 4.78 is 0. The molecule has 0 aromatic heterocycles. The van der Waals surface area contributed by atoms with Gasteiger partial charge in [0.2, 0.25) is 0 Å². The molecule has 2 aromatic rings. The normalized spacial score (nSPS) is 10.0. The molecule has 2 aromatic carbocycles. The summed E-state index contributed by atoms with van der Waals surface area (Å²) in [6.45, 7) is 0. The van der Waals surface area contributed by atoms with E-state index in [0.717, 1.165) is 18.2 Å². The fourth-order valence-electron chi connectivity index (χ4n) is 2.01. The van der Waals surface area contributed by atoms with Gasteiger partial charge in [0.15, 0.2) is 5.11 Å². The molecule has 0 unspecified atom stereocenters. The van der Waals surface area contributed by atoms with Gasteiger partial charge in [0.25, 0.3) is 23.0 Å². The van der Waals surface area contributed by atoms with Crippen molar-refractivity contribution < 1.29 is 19.6 Å². The molecule has 0 heterocycles. The molecule has 28 heavy (non-hydrogen) atoms. The number of thiocarbonyl (C=S) groups is 1. The van der Waals surface area contributed by atoms with Gasteiger partial charge in [-0.3, -0.25) is 40.5 Å². The van der Waals surface area contributed by atoms with E-state index in [0.29, 0.717) is 6.07 Å². The molecule has 1 amide bonds. The first-order valence-corrected chi connectivity index (χ1v) is 7.87. The third kappa shape index (κ3) is 4.93. The van der Waals surface area contributed by atoms with Gasteiger partial charge in [0.1, 0.15) is 5.02 Å². The molecule has 2 N–H and O–H groups in total. The lowest BCUT2D eigenvalue weighted by Crippen LogP contribution is -2.34. The second kappa shape index (κ2) is 8.32. The predicted molar refractivity (Wildman–Crippen MR) is 102 cm³/mol. The largest absolute Gasteiger partial charge is 0.332 e. The zero-order valence-electron chi connectivity index (χ0n) is 13.4. The molecule has 0 fully saturated rings. The van der Waals surface area contributed by atoms with Gasteiger partial charge in [-0.05, 0) is 24.4 Å². The highest BCUT2D eigenvalue weighted by Crippen LogP contribution is 2.27. The first-order chi connectivity index (χ1) is 13.1. The molecule has 0 saturated heterocycles. The number of nitrogens with one attached hydrogen (secondary N) is 2. The average molecular weight is 426 g/mol. The van der Waals surface area contributed by atoms with Crippen LogP contribution in [0.3, 0.4) is 0 Å². The number of rotatable bonds is 5. The number of non-ortho nitro benzene ring substituents is 2. The molecule has 12 nitrogen and oxygen atoms in total. The van der Waals surface area contributed by atoms with E-state index in [4.69, 9.17) is 23.8 Å². The second-order valence-electron chi connectivity index (χ2n) is 5.08. The van der Waals surface area contributed by atoms with Crippen LogP contribution in [-0.4, -0.2) is 25.8 Å². The number of nitro benzene ring substituents is 3. The summed E-state index contributed by atoms with van der Waals surface area (Å²) in [4.78, 5) is 42.4. The van der Waals surface area contributed by atoms with Gasteiger partial charge in [-0.15, -0.1) is 0 Å². The third-order valence-corrected chi connectivity index (χ3v) is 3.74. The van der Waals surface area contributed by atoms with Gasteiger partial charge in [-0.2, -0.15) is 0 Å². The van der Waals surface area contributed by atoms with Crippen LogP contribution in [0.1, 0.15) is 10.4 Å². The van der Waals surface area contributed by atoms with E-state index in [2.05, 4.69) is 10.6 Å². The van der Waals surface area contributed by atoms with Crippen molar-refractivity contribution in [2.75, 3.05) is 5.32 Å². The Labute approximate surface area is 165 Å². The predicted octanol–water partition coefficient (Wildman–Crippen LogP) is 3.19. The minimum absolute atomic E-state index is 0.102. The zero-order valence-corrected chi connectivity index (χ0v) is 15.0. The van der Waals surface area contributed by atoms with E-state index in [-0.39, 0.29) is 21.4 Å². The summed E-state index contributed by atoms with van der Waals surface area (Å²) >= 11 is 10.6. The van der Waals surface area contributed by atoms with Gasteiger partial charge < -0.3 is 5.32 Å². The molecule has 0 aliphatic heterocycles. The molecular weight excluding hydrogens is 418 g/mol. The van der Waals surface area contributed by atoms with Crippen molar-refractivity contribution in [2.45, 2.75) is 0 Å². The number of halogens is 1. The van der Waals surface area contributed by atoms with Crippen molar-refractivity contribution in [2.24, 2.45) is 0 Å². The molecule has 2 rings (SSSR count). The van der Waals surface area contributed by atoms with E-state index < -0.39 is 37.7 Å². The van der Waals surface area contributed by atoms with Crippen LogP contribution >= 0.6 is 23.8 Å². The molecular formula is C14H8ClN5O7S. The Morgan fingerprint density at radius 2 is 1.50 bits per heavy atom. The summed E-state index contributed by atoms with van der Waals surface area (Å²) in [7, 11) is 0. The first-order valence-electron chi connectivity index (χ1n) is 7.08. The fourth-order valence-corrected chi connectivity index (χ4v) is 2.40. The van der Waals surface area contributed by atoms with Gasteiger partial charge in [-0.1, -0.05) is 11.6 Å². The summed E-state index contributed by atoms with van der Waals surface area (Å²) in [6.07, 6.45) is 0. The number of hydrogen-bond acceptors (Lipinski definition) is 8. The maximum absolute atomic E-state index is 12.2. The molecule has 0 atom stereocenters. The molecule has 0 aliphatic rings. The molecule has 0 bridgehead atoms. The Bertz CT molecular complexity index is 997. The number of benzene rings is 2. The van der Waals surface area contributed by atoms with Crippen molar-refractivity contribution >= 4 is 57.6 Å². The van der Waals surface area contributed by atoms with Crippen LogP contribution < -0.4 is 10.6 Å². The SMILES string of the molecule is O=C(NC(=S)Nc1ccc(Cl)c([N+](=O)[O-])c1)c1cc([N+](=O)[O-])cc([N+](=O)[O-])c1. The van der Waals surface area contributed by atoms with E-state index in [1.54, 1.807) is 0 Å². The van der Waals surface area contributed by atoms with Crippen molar-refractivity contribution in [1.82, 2.24) is 5.32 Å². The monoisotopic (exact) mass is 425 g/mol. The van der Waals surface area contributed by atoms with E-state index >= 15 is 0 Å². The van der Waals surface area contributed by atoms with Crippen molar-refractivity contribution in [3.05, 3.63) is 77.3 Å². The Kier molecular flexibility index (Phi) is 6.12. The molecule has 0 spiro atoms.